The lowest BCUT2D eigenvalue weighted by atomic mass is 10.2. The van der Waals surface area contributed by atoms with Crippen molar-refractivity contribution in [1.82, 2.24) is 5.32 Å². The molecule has 1 rings (SSSR count). The van der Waals surface area contributed by atoms with Crippen LogP contribution in [-0.4, -0.2) is 12.9 Å². The fourth-order valence-corrected chi connectivity index (χ4v) is 1.16. The van der Waals surface area contributed by atoms with E-state index in [1.54, 1.807) is 7.05 Å². The van der Waals surface area contributed by atoms with E-state index in [1.807, 2.05) is 24.3 Å². The Morgan fingerprint density at radius 1 is 1.42 bits per heavy atom. The highest BCUT2D eigenvalue weighted by molar-refractivity contribution is 9.10. The number of nitrogens with two attached hydrogens (primary N) is 1. The first-order valence-electron chi connectivity index (χ1n) is 3.49. The molecule has 0 bridgehead atoms. The molecule has 12 heavy (non-hydrogen) atoms. The Morgan fingerprint density at radius 2 is 2.00 bits per heavy atom. The molecular formula is C8H10BrN3. The van der Waals surface area contributed by atoms with Crippen molar-refractivity contribution in [2.45, 2.75) is 0 Å². The lowest BCUT2D eigenvalue weighted by molar-refractivity contribution is 1.11. The first kappa shape index (κ1) is 9.06. The Bertz CT molecular complexity index is 279. The number of hydrogen-bond donors (Lipinski definition) is 2. The third-order valence-electron chi connectivity index (χ3n) is 1.48. The molecule has 0 aliphatic carbocycles. The van der Waals surface area contributed by atoms with Gasteiger partial charge >= 0.3 is 0 Å². The van der Waals surface area contributed by atoms with Gasteiger partial charge in [0.25, 0.3) is 0 Å². The predicted molar refractivity (Wildman–Crippen MR) is 53.9 cm³/mol. The minimum absolute atomic E-state index is 0.683. The SMILES string of the molecule is CN/C(=N\N)c1ccc(Br)cc1. The average molecular weight is 228 g/mol. The molecule has 0 atom stereocenters. The van der Waals surface area contributed by atoms with Crippen LogP contribution in [0.1, 0.15) is 5.56 Å². The van der Waals surface area contributed by atoms with Crippen LogP contribution in [0.25, 0.3) is 0 Å². The monoisotopic (exact) mass is 227 g/mol. The summed E-state index contributed by atoms with van der Waals surface area (Å²) in [5.74, 6) is 5.85. The molecule has 0 saturated carbocycles. The molecular weight excluding hydrogens is 218 g/mol. The summed E-state index contributed by atoms with van der Waals surface area (Å²) in [6.45, 7) is 0. The minimum Gasteiger partial charge on any atom is -0.371 e. The maximum atomic E-state index is 5.17. The Balaban J connectivity index is 2.96. The number of amidine groups is 1. The second kappa shape index (κ2) is 4.11. The van der Waals surface area contributed by atoms with E-state index < -0.39 is 0 Å². The van der Waals surface area contributed by atoms with Crippen molar-refractivity contribution in [1.29, 1.82) is 0 Å². The van der Waals surface area contributed by atoms with E-state index in [0.717, 1.165) is 10.0 Å². The third-order valence-corrected chi connectivity index (χ3v) is 2.01. The van der Waals surface area contributed by atoms with Crippen LogP contribution < -0.4 is 11.2 Å². The number of halogens is 1. The largest absolute Gasteiger partial charge is 0.371 e. The van der Waals surface area contributed by atoms with Gasteiger partial charge in [0.05, 0.1) is 0 Å². The second-order valence-electron chi connectivity index (χ2n) is 2.23. The van der Waals surface area contributed by atoms with E-state index in [4.69, 9.17) is 5.84 Å². The first-order chi connectivity index (χ1) is 5.77. The number of nitrogens with zero attached hydrogens (tertiary/aromatic N) is 1. The molecule has 0 radical (unpaired) electrons. The molecule has 3 N–H and O–H groups in total. The van der Waals surface area contributed by atoms with Crippen molar-refractivity contribution in [3.63, 3.8) is 0 Å². The van der Waals surface area contributed by atoms with Gasteiger partial charge < -0.3 is 11.2 Å². The van der Waals surface area contributed by atoms with Gasteiger partial charge in [-0.15, -0.1) is 0 Å². The van der Waals surface area contributed by atoms with Crippen LogP contribution in [0.15, 0.2) is 33.8 Å². The molecule has 0 saturated heterocycles. The number of hydrazone groups is 1. The fourth-order valence-electron chi connectivity index (χ4n) is 0.891. The fraction of sp³-hybridized carbons (Fsp3) is 0.125. The Morgan fingerprint density at radius 3 is 2.42 bits per heavy atom. The molecule has 0 spiro atoms. The second-order valence-corrected chi connectivity index (χ2v) is 3.15. The molecule has 1 aromatic carbocycles. The van der Waals surface area contributed by atoms with Crippen LogP contribution in [0.4, 0.5) is 0 Å². The van der Waals surface area contributed by atoms with E-state index in [1.165, 1.54) is 0 Å². The smallest absolute Gasteiger partial charge is 0.152 e. The van der Waals surface area contributed by atoms with Crippen molar-refractivity contribution in [3.05, 3.63) is 34.3 Å². The van der Waals surface area contributed by atoms with Crippen molar-refractivity contribution in [2.75, 3.05) is 7.05 Å². The van der Waals surface area contributed by atoms with Crippen LogP contribution in [0.5, 0.6) is 0 Å². The highest BCUT2D eigenvalue weighted by Crippen LogP contribution is 2.10. The van der Waals surface area contributed by atoms with Crippen LogP contribution in [0.2, 0.25) is 0 Å². The molecule has 0 aliphatic rings. The number of hydrogen-bond acceptors (Lipinski definition) is 2. The van der Waals surface area contributed by atoms with Crippen molar-refractivity contribution >= 4 is 21.8 Å². The van der Waals surface area contributed by atoms with Gasteiger partial charge in [0.2, 0.25) is 0 Å². The molecule has 4 heteroatoms. The Labute approximate surface area is 79.8 Å². The summed E-state index contributed by atoms with van der Waals surface area (Å²) in [6, 6.07) is 7.76. The molecule has 0 unspecified atom stereocenters. The van der Waals surface area contributed by atoms with Gasteiger partial charge in [0, 0.05) is 17.1 Å². The highest BCUT2D eigenvalue weighted by Gasteiger charge is 1.98. The number of rotatable bonds is 1. The van der Waals surface area contributed by atoms with Gasteiger partial charge in [-0.1, -0.05) is 28.1 Å². The Kier molecular flexibility index (Phi) is 3.10. The first-order valence-corrected chi connectivity index (χ1v) is 4.29. The van der Waals surface area contributed by atoms with E-state index >= 15 is 0 Å². The summed E-state index contributed by atoms with van der Waals surface area (Å²) in [7, 11) is 1.79. The number of benzene rings is 1. The van der Waals surface area contributed by atoms with E-state index in [9.17, 15) is 0 Å². The summed E-state index contributed by atoms with van der Waals surface area (Å²) in [5.41, 5.74) is 0.975. The molecule has 0 aliphatic heterocycles. The molecule has 0 heterocycles. The number of nitrogens with one attached hydrogen (secondary N) is 1. The summed E-state index contributed by atoms with van der Waals surface area (Å²) in [4.78, 5) is 0. The topological polar surface area (TPSA) is 50.4 Å². The van der Waals surface area contributed by atoms with Gasteiger partial charge in [-0.25, -0.2) is 0 Å². The predicted octanol–water partition coefficient (Wildman–Crippen LogP) is 1.29. The maximum absolute atomic E-state index is 5.17. The van der Waals surface area contributed by atoms with E-state index in [2.05, 4.69) is 26.3 Å². The van der Waals surface area contributed by atoms with Gasteiger partial charge in [-0.2, -0.15) is 5.10 Å². The minimum atomic E-state index is 0.683. The standard InChI is InChI=1S/C8H10BrN3/c1-11-8(12-10)6-2-4-7(9)5-3-6/h2-5H,10H2,1H3,(H,11,12). The van der Waals surface area contributed by atoms with Gasteiger partial charge in [-0.05, 0) is 12.1 Å². The van der Waals surface area contributed by atoms with Crippen molar-refractivity contribution < 1.29 is 0 Å². The van der Waals surface area contributed by atoms with Gasteiger partial charge in [0.1, 0.15) is 0 Å². The van der Waals surface area contributed by atoms with Gasteiger partial charge in [0.15, 0.2) is 5.84 Å². The summed E-state index contributed by atoms with van der Waals surface area (Å²) >= 11 is 3.35. The zero-order chi connectivity index (χ0) is 8.97. The normalized spacial score (nSPS) is 11.3. The molecule has 64 valence electrons. The van der Waals surface area contributed by atoms with Crippen molar-refractivity contribution in [3.8, 4) is 0 Å². The van der Waals surface area contributed by atoms with Crippen LogP contribution >= 0.6 is 15.9 Å². The summed E-state index contributed by atoms with van der Waals surface area (Å²) in [6.07, 6.45) is 0. The van der Waals surface area contributed by atoms with Crippen LogP contribution in [0.3, 0.4) is 0 Å². The lowest BCUT2D eigenvalue weighted by Crippen LogP contribution is -2.20. The molecule has 1 aromatic rings. The van der Waals surface area contributed by atoms with E-state index in [-0.39, 0.29) is 0 Å². The quantitative estimate of drug-likeness (QED) is 0.329. The third kappa shape index (κ3) is 1.98. The molecule has 0 amide bonds. The van der Waals surface area contributed by atoms with Crippen LogP contribution in [0, 0.1) is 0 Å². The molecule has 0 fully saturated rings. The van der Waals surface area contributed by atoms with E-state index in [0.29, 0.717) is 5.84 Å². The van der Waals surface area contributed by atoms with Gasteiger partial charge in [-0.3, -0.25) is 0 Å². The van der Waals surface area contributed by atoms with Crippen LogP contribution in [-0.2, 0) is 0 Å². The average Bonchev–Trinajstić information content (AvgIpc) is 2.10. The molecule has 3 nitrogen and oxygen atoms in total. The zero-order valence-electron chi connectivity index (χ0n) is 6.71. The lowest BCUT2D eigenvalue weighted by Gasteiger charge is -2.03. The highest BCUT2D eigenvalue weighted by atomic mass is 79.9. The van der Waals surface area contributed by atoms with Crippen molar-refractivity contribution in [2.24, 2.45) is 10.9 Å². The Hall–Kier alpha value is -1.03. The molecule has 0 aromatic heterocycles. The summed E-state index contributed by atoms with van der Waals surface area (Å²) in [5, 5.41) is 6.49. The zero-order valence-corrected chi connectivity index (χ0v) is 8.30. The summed E-state index contributed by atoms with van der Waals surface area (Å²) < 4.78 is 1.04. The maximum Gasteiger partial charge on any atom is 0.152 e.